The Morgan fingerprint density at radius 1 is 1.03 bits per heavy atom. The van der Waals surface area contributed by atoms with Crippen molar-refractivity contribution in [1.29, 1.82) is 0 Å². The van der Waals surface area contributed by atoms with Crippen LogP contribution in [-0.4, -0.2) is 49.0 Å². The Morgan fingerprint density at radius 3 is 2.45 bits per heavy atom. The Bertz CT molecular complexity index is 1490. The van der Waals surface area contributed by atoms with E-state index >= 15 is 0 Å². The lowest BCUT2D eigenvalue weighted by Crippen LogP contribution is -2.34. The van der Waals surface area contributed by atoms with Crippen LogP contribution in [0.5, 0.6) is 0 Å². The van der Waals surface area contributed by atoms with E-state index in [2.05, 4.69) is 4.98 Å². The fourth-order valence-electron chi connectivity index (χ4n) is 4.02. The van der Waals surface area contributed by atoms with Crippen molar-refractivity contribution < 1.29 is 22.3 Å². The number of hydrogen-bond acceptors (Lipinski definition) is 5. The van der Waals surface area contributed by atoms with Crippen LogP contribution in [0.3, 0.4) is 0 Å². The first kappa shape index (κ1) is 27.5. The predicted octanol–water partition coefficient (Wildman–Crippen LogP) is 4.99. The molecular formula is C28H27ClFN3O4S. The molecule has 0 bridgehead atoms. The highest BCUT2D eigenvalue weighted by Gasteiger charge is 2.26. The van der Waals surface area contributed by atoms with Crippen LogP contribution in [0.15, 0.2) is 90.2 Å². The van der Waals surface area contributed by atoms with Gasteiger partial charge in [0.25, 0.3) is 5.91 Å². The Morgan fingerprint density at radius 2 is 1.76 bits per heavy atom. The molecule has 0 unspecified atom stereocenters. The highest BCUT2D eigenvalue weighted by molar-refractivity contribution is 7.90. The number of rotatable bonds is 11. The lowest BCUT2D eigenvalue weighted by Gasteiger charge is -2.23. The molecule has 0 radical (unpaired) electrons. The SMILES string of the molecule is COCCN(Cc1cnc(S(=O)(=O)Cc2ccc(F)cc2)n1Cc1ccccc1)C(=O)c1cccc(Cl)c1. The van der Waals surface area contributed by atoms with Crippen molar-refractivity contribution in [2.24, 2.45) is 0 Å². The second kappa shape index (κ2) is 12.3. The van der Waals surface area contributed by atoms with Crippen LogP contribution >= 0.6 is 11.6 Å². The fourth-order valence-corrected chi connectivity index (χ4v) is 5.70. The van der Waals surface area contributed by atoms with E-state index in [0.29, 0.717) is 21.8 Å². The number of carbonyl (C=O) groups is 1. The van der Waals surface area contributed by atoms with Gasteiger partial charge >= 0.3 is 0 Å². The normalized spacial score (nSPS) is 11.4. The molecule has 10 heteroatoms. The minimum atomic E-state index is -3.90. The van der Waals surface area contributed by atoms with E-state index in [0.717, 1.165) is 5.56 Å². The summed E-state index contributed by atoms with van der Waals surface area (Å²) in [5.41, 5.74) is 2.26. The summed E-state index contributed by atoms with van der Waals surface area (Å²) in [7, 11) is -2.36. The van der Waals surface area contributed by atoms with E-state index in [-0.39, 0.29) is 43.1 Å². The van der Waals surface area contributed by atoms with Gasteiger partial charge in [0.15, 0.2) is 0 Å². The molecule has 1 heterocycles. The van der Waals surface area contributed by atoms with E-state index in [4.69, 9.17) is 16.3 Å². The zero-order valence-electron chi connectivity index (χ0n) is 20.8. The van der Waals surface area contributed by atoms with Gasteiger partial charge in [-0.05, 0) is 41.5 Å². The van der Waals surface area contributed by atoms with Crippen LogP contribution in [0.2, 0.25) is 5.02 Å². The highest BCUT2D eigenvalue weighted by Crippen LogP contribution is 2.22. The van der Waals surface area contributed by atoms with Crippen LogP contribution in [0.4, 0.5) is 4.39 Å². The molecule has 0 aliphatic rings. The molecule has 0 saturated heterocycles. The molecule has 0 fully saturated rings. The minimum Gasteiger partial charge on any atom is -0.383 e. The molecule has 0 aliphatic heterocycles. The second-order valence-electron chi connectivity index (χ2n) is 8.72. The largest absolute Gasteiger partial charge is 0.383 e. The molecule has 4 aromatic rings. The number of methoxy groups -OCH3 is 1. The number of imidazole rings is 1. The van der Waals surface area contributed by atoms with E-state index < -0.39 is 15.7 Å². The third-order valence-electron chi connectivity index (χ3n) is 5.91. The summed E-state index contributed by atoms with van der Waals surface area (Å²) in [5, 5.41) is 0.313. The van der Waals surface area contributed by atoms with Crippen molar-refractivity contribution in [3.63, 3.8) is 0 Å². The van der Waals surface area contributed by atoms with E-state index in [1.165, 1.54) is 30.5 Å². The first-order valence-electron chi connectivity index (χ1n) is 11.9. The van der Waals surface area contributed by atoms with Gasteiger partial charge in [0.1, 0.15) is 5.82 Å². The first-order valence-corrected chi connectivity index (χ1v) is 13.9. The van der Waals surface area contributed by atoms with Gasteiger partial charge in [-0.1, -0.05) is 60.1 Å². The Kier molecular flexibility index (Phi) is 8.93. The van der Waals surface area contributed by atoms with E-state index in [9.17, 15) is 17.6 Å². The van der Waals surface area contributed by atoms with Gasteiger partial charge < -0.3 is 14.2 Å². The van der Waals surface area contributed by atoms with Gasteiger partial charge in [0.2, 0.25) is 15.0 Å². The maximum Gasteiger partial charge on any atom is 0.254 e. The zero-order chi connectivity index (χ0) is 27.1. The third-order valence-corrected chi connectivity index (χ3v) is 7.74. The molecule has 0 N–H and O–H groups in total. The summed E-state index contributed by atoms with van der Waals surface area (Å²) >= 11 is 6.11. The van der Waals surface area contributed by atoms with Gasteiger partial charge in [-0.15, -0.1) is 0 Å². The van der Waals surface area contributed by atoms with E-state index in [1.807, 2.05) is 30.3 Å². The topological polar surface area (TPSA) is 81.5 Å². The molecule has 4 rings (SSSR count). The van der Waals surface area contributed by atoms with Crippen LogP contribution in [0.1, 0.15) is 27.2 Å². The van der Waals surface area contributed by atoms with Gasteiger partial charge in [0, 0.05) is 24.2 Å². The second-order valence-corrected chi connectivity index (χ2v) is 11.0. The molecule has 0 aliphatic carbocycles. The molecule has 38 heavy (non-hydrogen) atoms. The van der Waals surface area contributed by atoms with Crippen molar-refractivity contribution >= 4 is 27.3 Å². The molecule has 1 amide bonds. The molecular weight excluding hydrogens is 529 g/mol. The van der Waals surface area contributed by atoms with Crippen molar-refractivity contribution in [2.45, 2.75) is 24.0 Å². The average Bonchev–Trinajstić information content (AvgIpc) is 3.30. The smallest absolute Gasteiger partial charge is 0.254 e. The number of nitrogens with zero attached hydrogens (tertiary/aromatic N) is 3. The summed E-state index contributed by atoms with van der Waals surface area (Å²) in [5.74, 6) is -1.06. The van der Waals surface area contributed by atoms with Crippen LogP contribution < -0.4 is 0 Å². The molecule has 3 aromatic carbocycles. The predicted molar refractivity (Wildman–Crippen MR) is 143 cm³/mol. The number of hydrogen-bond donors (Lipinski definition) is 0. The molecule has 1 aromatic heterocycles. The monoisotopic (exact) mass is 555 g/mol. The summed E-state index contributed by atoms with van der Waals surface area (Å²) in [6.07, 6.45) is 1.48. The molecule has 7 nitrogen and oxygen atoms in total. The van der Waals surface area contributed by atoms with Crippen molar-refractivity contribution in [3.8, 4) is 0 Å². The molecule has 0 spiro atoms. The lowest BCUT2D eigenvalue weighted by atomic mass is 10.2. The van der Waals surface area contributed by atoms with Crippen molar-refractivity contribution in [2.75, 3.05) is 20.3 Å². The van der Waals surface area contributed by atoms with Crippen LogP contribution in [0, 0.1) is 5.82 Å². The summed E-state index contributed by atoms with van der Waals surface area (Å²) in [6, 6.07) is 21.4. The highest BCUT2D eigenvalue weighted by atomic mass is 35.5. The van der Waals surface area contributed by atoms with Gasteiger partial charge in [-0.25, -0.2) is 17.8 Å². The molecule has 0 atom stereocenters. The maximum absolute atomic E-state index is 13.5. The Labute approximate surface area is 226 Å². The summed E-state index contributed by atoms with van der Waals surface area (Å²) in [4.78, 5) is 19.2. The summed E-state index contributed by atoms with van der Waals surface area (Å²) < 4.78 is 47.1. The number of sulfone groups is 1. The number of ether oxygens (including phenoxy) is 1. The Balaban J connectivity index is 1.71. The first-order chi connectivity index (χ1) is 18.3. The van der Waals surface area contributed by atoms with Gasteiger partial charge in [0.05, 0.1) is 37.3 Å². The number of aromatic nitrogens is 2. The van der Waals surface area contributed by atoms with Gasteiger partial charge in [-0.2, -0.15) is 0 Å². The zero-order valence-corrected chi connectivity index (χ0v) is 22.3. The maximum atomic E-state index is 13.5. The van der Waals surface area contributed by atoms with Crippen LogP contribution in [0.25, 0.3) is 0 Å². The number of amides is 1. The van der Waals surface area contributed by atoms with Crippen molar-refractivity contribution in [3.05, 3.63) is 118 Å². The quantitative estimate of drug-likeness (QED) is 0.260. The molecule has 0 saturated carbocycles. The third kappa shape index (κ3) is 6.86. The lowest BCUT2D eigenvalue weighted by molar-refractivity contribution is 0.0675. The standard InChI is InChI=1S/C28H27ClFN3O4S/c1-37-15-14-32(27(34)23-8-5-9-24(29)16-23)19-26-17-31-28(33(26)18-21-6-3-2-4-7-21)38(35,36)20-22-10-12-25(30)13-11-22/h2-13,16-17H,14-15,18-20H2,1H3. The number of halogens is 2. The van der Waals surface area contributed by atoms with E-state index in [1.54, 1.807) is 40.8 Å². The minimum absolute atomic E-state index is 0.0978. The number of benzene rings is 3. The number of carbonyl (C=O) groups excluding carboxylic acids is 1. The average molecular weight is 556 g/mol. The fraction of sp³-hybridized carbons (Fsp3) is 0.214. The summed E-state index contributed by atoms with van der Waals surface area (Å²) in [6.45, 7) is 0.892. The van der Waals surface area contributed by atoms with Crippen LogP contribution in [-0.2, 0) is 33.4 Å². The molecule has 198 valence electrons. The van der Waals surface area contributed by atoms with Crippen molar-refractivity contribution in [1.82, 2.24) is 14.5 Å². The Hall–Kier alpha value is -3.53. The van der Waals surface area contributed by atoms with Gasteiger partial charge in [-0.3, -0.25) is 4.79 Å².